The summed E-state index contributed by atoms with van der Waals surface area (Å²) in [6.45, 7) is 16.8. The van der Waals surface area contributed by atoms with Crippen molar-refractivity contribution in [2.24, 2.45) is 0 Å². The zero-order valence-corrected chi connectivity index (χ0v) is 18.4. The molecule has 0 N–H and O–H groups in total. The Morgan fingerprint density at radius 2 is 1.72 bits per heavy atom. The molecule has 0 spiro atoms. The molecule has 1 amide bonds. The van der Waals surface area contributed by atoms with Crippen molar-refractivity contribution in [1.82, 2.24) is 4.90 Å². The maximum atomic E-state index is 12.3. The third-order valence-corrected chi connectivity index (χ3v) is 12.7. The quantitative estimate of drug-likeness (QED) is 0.514. The summed E-state index contributed by atoms with van der Waals surface area (Å²) < 4.78 is 12.3. The Morgan fingerprint density at radius 1 is 1.12 bits per heavy atom. The number of hydrogen-bond acceptors (Lipinski definition) is 3. The van der Waals surface area contributed by atoms with Crippen molar-refractivity contribution in [3.63, 3.8) is 0 Å². The summed E-state index contributed by atoms with van der Waals surface area (Å²) in [6, 6.07) is 0.583. The van der Waals surface area contributed by atoms with Gasteiger partial charge in [-0.25, -0.2) is 4.79 Å². The lowest BCUT2D eigenvalue weighted by molar-refractivity contribution is 0.112. The molecule has 0 unspecified atom stereocenters. The molecular weight excluding hydrogens is 330 g/mol. The van der Waals surface area contributed by atoms with Gasteiger partial charge in [-0.1, -0.05) is 48.5 Å². The monoisotopic (exact) mass is 369 g/mol. The number of rotatable bonds is 8. The van der Waals surface area contributed by atoms with Gasteiger partial charge in [-0.2, -0.15) is 0 Å². The van der Waals surface area contributed by atoms with Gasteiger partial charge in [-0.05, 0) is 48.7 Å². The van der Waals surface area contributed by atoms with Crippen molar-refractivity contribution < 1.29 is 14.0 Å². The topological polar surface area (TPSA) is 38.8 Å². The fourth-order valence-electron chi connectivity index (χ4n) is 5.54. The molecule has 2 fully saturated rings. The van der Waals surface area contributed by atoms with Crippen LogP contribution in [0.2, 0.25) is 16.6 Å². The van der Waals surface area contributed by atoms with Crippen LogP contribution >= 0.6 is 0 Å². The average molecular weight is 370 g/mol. The minimum Gasteiger partial charge on any atom is -0.444 e. The molecule has 2 saturated heterocycles. The van der Waals surface area contributed by atoms with Crippen LogP contribution < -0.4 is 0 Å². The molecule has 5 heteroatoms. The van der Waals surface area contributed by atoms with E-state index in [1.54, 1.807) is 0 Å². The largest absolute Gasteiger partial charge is 0.444 e. The zero-order valence-electron chi connectivity index (χ0n) is 17.4. The Hall–Kier alpha value is -0.553. The Bertz CT molecular complexity index is 430. The van der Waals surface area contributed by atoms with Gasteiger partial charge in [0, 0.05) is 12.6 Å². The minimum atomic E-state index is -1.82. The molecule has 25 heavy (non-hydrogen) atoms. The SMILES string of the molecule is CC[C@@H]1OC(=O)N2[C@@H](CCO[Si](C(C)C)(C(C)C)C(C)C)CCC[C@@H]12. The number of fused-ring (bicyclic) bond motifs is 1. The van der Waals surface area contributed by atoms with Crippen molar-refractivity contribution >= 4 is 14.4 Å². The van der Waals surface area contributed by atoms with Gasteiger partial charge in [0.15, 0.2) is 8.32 Å². The van der Waals surface area contributed by atoms with Gasteiger partial charge in [0.1, 0.15) is 6.10 Å². The molecule has 2 rings (SSSR count). The van der Waals surface area contributed by atoms with E-state index in [1.807, 2.05) is 4.90 Å². The lowest BCUT2D eigenvalue weighted by Crippen LogP contribution is -2.50. The summed E-state index contributed by atoms with van der Waals surface area (Å²) in [5.74, 6) is 0. The van der Waals surface area contributed by atoms with Gasteiger partial charge in [-0.15, -0.1) is 0 Å². The molecule has 0 aliphatic carbocycles. The van der Waals surface area contributed by atoms with Crippen LogP contribution in [-0.4, -0.2) is 44.1 Å². The lowest BCUT2D eigenvalue weighted by Gasteiger charge is -2.43. The van der Waals surface area contributed by atoms with Crippen LogP contribution in [0.1, 0.15) is 80.6 Å². The number of hydrogen-bond donors (Lipinski definition) is 0. The molecule has 0 aromatic heterocycles. The number of carbonyl (C=O) groups is 1. The Labute approximate surface area is 155 Å². The van der Waals surface area contributed by atoms with E-state index in [4.69, 9.17) is 9.16 Å². The highest BCUT2D eigenvalue weighted by Crippen LogP contribution is 2.42. The van der Waals surface area contributed by atoms with E-state index in [0.717, 1.165) is 32.3 Å². The molecule has 0 aromatic rings. The summed E-state index contributed by atoms with van der Waals surface area (Å²) >= 11 is 0. The van der Waals surface area contributed by atoms with E-state index in [9.17, 15) is 4.79 Å². The second-order valence-corrected chi connectivity index (χ2v) is 14.3. The Kier molecular flexibility index (Phi) is 6.99. The third kappa shape index (κ3) is 3.92. The van der Waals surface area contributed by atoms with Crippen LogP contribution in [0.15, 0.2) is 0 Å². The van der Waals surface area contributed by atoms with E-state index in [-0.39, 0.29) is 12.2 Å². The highest BCUT2D eigenvalue weighted by Gasteiger charge is 2.47. The summed E-state index contributed by atoms with van der Waals surface area (Å²) in [4.78, 5) is 14.4. The molecular formula is C20H39NO3Si. The van der Waals surface area contributed by atoms with Crippen LogP contribution in [0.4, 0.5) is 4.79 Å². The smallest absolute Gasteiger partial charge is 0.410 e. The maximum Gasteiger partial charge on any atom is 0.410 e. The van der Waals surface area contributed by atoms with Gasteiger partial charge in [-0.3, -0.25) is 4.90 Å². The lowest BCUT2D eigenvalue weighted by atomic mass is 9.91. The number of nitrogens with zero attached hydrogens (tertiary/aromatic N) is 1. The molecule has 2 aliphatic heterocycles. The van der Waals surface area contributed by atoms with Crippen LogP contribution in [0.25, 0.3) is 0 Å². The number of piperidine rings is 1. The summed E-state index contributed by atoms with van der Waals surface area (Å²) in [5.41, 5.74) is 1.81. The zero-order chi connectivity index (χ0) is 18.8. The van der Waals surface area contributed by atoms with E-state index >= 15 is 0 Å². The first-order chi connectivity index (χ1) is 11.8. The molecule has 0 bridgehead atoms. The van der Waals surface area contributed by atoms with Gasteiger partial charge in [0.05, 0.1) is 6.04 Å². The molecule has 4 nitrogen and oxygen atoms in total. The highest BCUT2D eigenvalue weighted by atomic mass is 28.4. The van der Waals surface area contributed by atoms with Gasteiger partial charge < -0.3 is 9.16 Å². The predicted octanol–water partition coefficient (Wildman–Crippen LogP) is 5.72. The molecule has 2 heterocycles. The summed E-state index contributed by atoms with van der Waals surface area (Å²) in [6.07, 6.45) is 5.23. The second kappa shape index (κ2) is 8.42. The average Bonchev–Trinajstić information content (AvgIpc) is 2.87. The van der Waals surface area contributed by atoms with Crippen molar-refractivity contribution in [1.29, 1.82) is 0 Å². The molecule has 146 valence electrons. The normalized spacial score (nSPS) is 27.4. The van der Waals surface area contributed by atoms with Crippen LogP contribution in [-0.2, 0) is 9.16 Å². The van der Waals surface area contributed by atoms with Gasteiger partial charge >= 0.3 is 6.09 Å². The maximum absolute atomic E-state index is 12.3. The first-order valence-electron chi connectivity index (χ1n) is 10.4. The minimum absolute atomic E-state index is 0.0895. The molecule has 3 atom stereocenters. The first kappa shape index (κ1) is 20.8. The number of carbonyl (C=O) groups excluding carboxylic acids is 1. The van der Waals surface area contributed by atoms with E-state index in [2.05, 4.69) is 48.5 Å². The van der Waals surface area contributed by atoms with Crippen LogP contribution in [0.3, 0.4) is 0 Å². The summed E-state index contributed by atoms with van der Waals surface area (Å²) in [5, 5.41) is 0. The molecule has 2 aliphatic rings. The third-order valence-electron chi connectivity index (χ3n) is 6.59. The molecule has 0 aromatic carbocycles. The predicted molar refractivity (Wildman–Crippen MR) is 105 cm³/mol. The number of amides is 1. The summed E-state index contributed by atoms with van der Waals surface area (Å²) in [7, 11) is -1.82. The second-order valence-electron chi connectivity index (χ2n) is 8.84. The van der Waals surface area contributed by atoms with E-state index in [0.29, 0.717) is 28.7 Å². The first-order valence-corrected chi connectivity index (χ1v) is 12.5. The van der Waals surface area contributed by atoms with E-state index < -0.39 is 8.32 Å². The van der Waals surface area contributed by atoms with E-state index in [1.165, 1.54) is 6.42 Å². The van der Waals surface area contributed by atoms with Crippen molar-refractivity contribution in [2.75, 3.05) is 6.61 Å². The Balaban J connectivity index is 2.01. The van der Waals surface area contributed by atoms with Crippen LogP contribution in [0.5, 0.6) is 0 Å². The van der Waals surface area contributed by atoms with Crippen molar-refractivity contribution in [3.8, 4) is 0 Å². The van der Waals surface area contributed by atoms with Gasteiger partial charge in [0.25, 0.3) is 0 Å². The van der Waals surface area contributed by atoms with Crippen LogP contribution in [0, 0.1) is 0 Å². The standard InChI is InChI=1S/C20H39NO3Si/c1-8-19-18-11-9-10-17(21(18)20(22)24-19)12-13-23-25(14(2)3,15(4)5)16(6)7/h14-19H,8-13H2,1-7H3/t17-,18+,19+/m1/s1. The fraction of sp³-hybridized carbons (Fsp3) is 0.950. The van der Waals surface area contributed by atoms with Crippen molar-refractivity contribution in [3.05, 3.63) is 0 Å². The molecule has 0 radical (unpaired) electrons. The fourth-order valence-corrected chi connectivity index (χ4v) is 11.0. The van der Waals surface area contributed by atoms with Gasteiger partial charge in [0.2, 0.25) is 0 Å². The Morgan fingerprint density at radius 3 is 2.24 bits per heavy atom. The van der Waals surface area contributed by atoms with Crippen molar-refractivity contribution in [2.45, 2.75) is 115 Å². The number of cyclic esters (lactones) is 1. The molecule has 0 saturated carbocycles. The number of ether oxygens (including phenoxy) is 1. The highest BCUT2D eigenvalue weighted by molar-refractivity contribution is 6.77.